The Morgan fingerprint density at radius 3 is 2.94 bits per heavy atom. The lowest BCUT2D eigenvalue weighted by Gasteiger charge is -2.37. The minimum Gasteiger partial charge on any atom is -0.351 e. The minimum atomic E-state index is -0.0491. The van der Waals surface area contributed by atoms with Gasteiger partial charge in [0.25, 0.3) is 0 Å². The lowest BCUT2D eigenvalue weighted by molar-refractivity contribution is 0.265. The van der Waals surface area contributed by atoms with E-state index < -0.39 is 0 Å². The van der Waals surface area contributed by atoms with Crippen molar-refractivity contribution in [1.82, 2.24) is 14.6 Å². The molecule has 1 fully saturated rings. The number of aryl methyl sites for hydroxylation is 1. The second kappa shape index (κ2) is 3.70. The number of rotatable bonds is 3. The molecule has 0 atom stereocenters. The van der Waals surface area contributed by atoms with Gasteiger partial charge in [0, 0.05) is 17.8 Å². The van der Waals surface area contributed by atoms with Gasteiger partial charge in [-0.2, -0.15) is 4.98 Å². The molecule has 0 amide bonds. The van der Waals surface area contributed by atoms with E-state index >= 15 is 0 Å². The maximum Gasteiger partial charge on any atom is 0.243 e. The van der Waals surface area contributed by atoms with Gasteiger partial charge in [-0.1, -0.05) is 6.07 Å². The van der Waals surface area contributed by atoms with Gasteiger partial charge in [0.1, 0.15) is 0 Å². The molecule has 3 rings (SSSR count). The number of nitrogens with zero attached hydrogens (tertiary/aromatic N) is 3. The van der Waals surface area contributed by atoms with Crippen LogP contribution in [0.5, 0.6) is 0 Å². The van der Waals surface area contributed by atoms with Gasteiger partial charge in [-0.3, -0.25) is 0 Å². The first-order chi connectivity index (χ1) is 8.16. The quantitative estimate of drug-likeness (QED) is 0.836. The van der Waals surface area contributed by atoms with Gasteiger partial charge in [-0.05, 0) is 38.3 Å². The van der Waals surface area contributed by atoms with Crippen LogP contribution in [-0.4, -0.2) is 26.7 Å². The second-order valence-corrected chi connectivity index (χ2v) is 4.94. The average molecular weight is 231 g/mol. The molecule has 0 aromatic carbocycles. The topological polar surface area (TPSA) is 68.2 Å². The summed E-state index contributed by atoms with van der Waals surface area (Å²) in [6.45, 7) is 2.77. The van der Waals surface area contributed by atoms with E-state index in [9.17, 15) is 0 Å². The van der Waals surface area contributed by atoms with E-state index in [1.165, 1.54) is 6.42 Å². The Morgan fingerprint density at radius 2 is 2.29 bits per heavy atom. The summed E-state index contributed by atoms with van der Waals surface area (Å²) >= 11 is 0. The number of aromatic nitrogens is 3. The highest BCUT2D eigenvalue weighted by molar-refractivity contribution is 5.44. The molecule has 1 saturated carbocycles. The summed E-state index contributed by atoms with van der Waals surface area (Å²) in [7, 11) is 0. The molecular weight excluding hydrogens is 214 g/mol. The molecule has 90 valence electrons. The third-order valence-electron chi connectivity index (χ3n) is 3.50. The van der Waals surface area contributed by atoms with Gasteiger partial charge in [-0.15, -0.1) is 5.10 Å². The molecule has 2 aromatic heterocycles. The first-order valence-corrected chi connectivity index (χ1v) is 6.01. The molecule has 5 heteroatoms. The molecule has 5 nitrogen and oxygen atoms in total. The van der Waals surface area contributed by atoms with Crippen molar-refractivity contribution in [3.05, 3.63) is 23.9 Å². The Hall–Kier alpha value is -1.62. The molecule has 0 saturated heterocycles. The van der Waals surface area contributed by atoms with Gasteiger partial charge in [0.15, 0.2) is 5.65 Å². The number of nitrogens with two attached hydrogens (primary N) is 1. The van der Waals surface area contributed by atoms with Gasteiger partial charge in [0.2, 0.25) is 5.95 Å². The molecule has 0 spiro atoms. The Balaban J connectivity index is 1.79. The van der Waals surface area contributed by atoms with E-state index in [0.717, 1.165) is 30.7 Å². The normalized spacial score (nSPS) is 18.0. The van der Waals surface area contributed by atoms with Crippen LogP contribution >= 0.6 is 0 Å². The summed E-state index contributed by atoms with van der Waals surface area (Å²) in [6.07, 6.45) is 3.41. The predicted octanol–water partition coefficient (Wildman–Crippen LogP) is 1.33. The Kier molecular flexibility index (Phi) is 2.29. The summed E-state index contributed by atoms with van der Waals surface area (Å²) in [5.41, 5.74) is 8.05. The summed E-state index contributed by atoms with van der Waals surface area (Å²) in [6, 6.07) is 5.95. The maximum absolute atomic E-state index is 6.15. The number of hydrogen-bond acceptors (Lipinski definition) is 4. The van der Waals surface area contributed by atoms with E-state index in [0.29, 0.717) is 5.95 Å². The summed E-state index contributed by atoms with van der Waals surface area (Å²) in [5.74, 6) is 0.663. The third-order valence-corrected chi connectivity index (χ3v) is 3.50. The number of hydrogen-bond donors (Lipinski definition) is 2. The van der Waals surface area contributed by atoms with Crippen molar-refractivity contribution in [3.63, 3.8) is 0 Å². The van der Waals surface area contributed by atoms with E-state index in [4.69, 9.17) is 5.73 Å². The van der Waals surface area contributed by atoms with Crippen LogP contribution in [-0.2, 0) is 0 Å². The fraction of sp³-hybridized carbons (Fsp3) is 0.500. The molecule has 1 aliphatic carbocycles. The number of pyridine rings is 1. The van der Waals surface area contributed by atoms with Crippen LogP contribution < -0.4 is 11.1 Å². The summed E-state index contributed by atoms with van der Waals surface area (Å²) in [5, 5.41) is 7.65. The molecule has 17 heavy (non-hydrogen) atoms. The van der Waals surface area contributed by atoms with Crippen LogP contribution in [0, 0.1) is 6.92 Å². The molecule has 0 bridgehead atoms. The number of nitrogens with one attached hydrogen (secondary N) is 1. The molecule has 1 aliphatic rings. The lowest BCUT2D eigenvalue weighted by Crippen LogP contribution is -2.52. The Labute approximate surface area is 100 Å². The molecule has 0 radical (unpaired) electrons. The molecule has 0 unspecified atom stereocenters. The van der Waals surface area contributed by atoms with Gasteiger partial charge >= 0.3 is 0 Å². The first-order valence-electron chi connectivity index (χ1n) is 6.01. The van der Waals surface area contributed by atoms with E-state index in [1.807, 2.05) is 29.6 Å². The van der Waals surface area contributed by atoms with Crippen molar-refractivity contribution >= 4 is 11.6 Å². The zero-order valence-corrected chi connectivity index (χ0v) is 9.98. The minimum absolute atomic E-state index is 0.0491. The highest BCUT2D eigenvalue weighted by atomic mass is 15.4. The number of anilines is 1. The predicted molar refractivity (Wildman–Crippen MR) is 67.0 cm³/mol. The first kappa shape index (κ1) is 10.5. The fourth-order valence-corrected chi connectivity index (χ4v) is 2.17. The van der Waals surface area contributed by atoms with Crippen LogP contribution in [0.1, 0.15) is 25.0 Å². The van der Waals surface area contributed by atoms with Crippen molar-refractivity contribution in [2.75, 3.05) is 11.9 Å². The Bertz CT molecular complexity index is 541. The van der Waals surface area contributed by atoms with Crippen molar-refractivity contribution in [1.29, 1.82) is 0 Å². The standard InChI is InChI=1S/C12H17N5/c1-9-4-2-5-10-15-11(16-17(9)10)14-8-12(13)6-3-7-12/h2,4-5H,3,6-8,13H2,1H3,(H,14,16). The second-order valence-electron chi connectivity index (χ2n) is 4.94. The van der Waals surface area contributed by atoms with Gasteiger partial charge in [-0.25, -0.2) is 4.52 Å². The van der Waals surface area contributed by atoms with Crippen molar-refractivity contribution in [2.45, 2.75) is 31.7 Å². The highest BCUT2D eigenvalue weighted by Gasteiger charge is 2.32. The van der Waals surface area contributed by atoms with Gasteiger partial charge < -0.3 is 11.1 Å². The SMILES string of the molecule is Cc1cccc2nc(NCC3(N)CCC3)nn12. The van der Waals surface area contributed by atoms with Gasteiger partial charge in [0.05, 0.1) is 0 Å². The summed E-state index contributed by atoms with van der Waals surface area (Å²) < 4.78 is 1.84. The molecular formula is C12H17N5. The van der Waals surface area contributed by atoms with Crippen molar-refractivity contribution < 1.29 is 0 Å². The van der Waals surface area contributed by atoms with Crippen molar-refractivity contribution in [2.24, 2.45) is 5.73 Å². The van der Waals surface area contributed by atoms with Crippen LogP contribution in [0.25, 0.3) is 5.65 Å². The third kappa shape index (κ3) is 1.86. The van der Waals surface area contributed by atoms with E-state index in [1.54, 1.807) is 0 Å². The number of fused-ring (bicyclic) bond motifs is 1. The lowest BCUT2D eigenvalue weighted by atomic mass is 9.78. The average Bonchev–Trinajstić information content (AvgIpc) is 2.68. The smallest absolute Gasteiger partial charge is 0.243 e. The van der Waals surface area contributed by atoms with Crippen LogP contribution in [0.15, 0.2) is 18.2 Å². The molecule has 2 aromatic rings. The highest BCUT2D eigenvalue weighted by Crippen LogP contribution is 2.28. The van der Waals surface area contributed by atoms with Crippen LogP contribution in [0.3, 0.4) is 0 Å². The van der Waals surface area contributed by atoms with Crippen molar-refractivity contribution in [3.8, 4) is 0 Å². The monoisotopic (exact) mass is 231 g/mol. The molecule has 3 N–H and O–H groups in total. The largest absolute Gasteiger partial charge is 0.351 e. The van der Waals surface area contributed by atoms with Crippen LogP contribution in [0.2, 0.25) is 0 Å². The maximum atomic E-state index is 6.15. The van der Waals surface area contributed by atoms with E-state index in [2.05, 4.69) is 15.4 Å². The molecule has 2 heterocycles. The fourth-order valence-electron chi connectivity index (χ4n) is 2.17. The van der Waals surface area contributed by atoms with E-state index in [-0.39, 0.29) is 5.54 Å². The zero-order valence-electron chi connectivity index (χ0n) is 9.98. The zero-order chi connectivity index (χ0) is 11.9. The summed E-state index contributed by atoms with van der Waals surface area (Å²) in [4.78, 5) is 4.42. The molecule has 0 aliphatic heterocycles. The Morgan fingerprint density at radius 1 is 1.47 bits per heavy atom. The van der Waals surface area contributed by atoms with Crippen LogP contribution in [0.4, 0.5) is 5.95 Å².